The average Bonchev–Trinajstić information content (AvgIpc) is 2.46. The first-order valence-electron chi connectivity index (χ1n) is 8.88. The highest BCUT2D eigenvalue weighted by atomic mass is 35.5. The van der Waals surface area contributed by atoms with Crippen LogP contribution in [0.5, 0.6) is 5.75 Å². The van der Waals surface area contributed by atoms with Crippen LogP contribution in [0.25, 0.3) is 0 Å². The largest absolute Gasteiger partial charge is 1.00 e. The van der Waals surface area contributed by atoms with E-state index in [0.717, 1.165) is 16.7 Å². The highest BCUT2D eigenvalue weighted by Gasteiger charge is 2.20. The molecule has 0 heterocycles. The number of rotatable bonds is 8. The van der Waals surface area contributed by atoms with Gasteiger partial charge in [0.25, 0.3) is 0 Å². The van der Waals surface area contributed by atoms with Crippen molar-refractivity contribution in [3.05, 3.63) is 28.8 Å². The molecule has 0 aliphatic carbocycles. The van der Waals surface area contributed by atoms with Crippen molar-refractivity contribution < 1.29 is 36.6 Å². The van der Waals surface area contributed by atoms with Crippen molar-refractivity contribution in [2.45, 2.75) is 46.0 Å². The van der Waals surface area contributed by atoms with E-state index in [2.05, 4.69) is 20.8 Å². The molecule has 0 saturated heterocycles. The number of aromatic hydroxyl groups is 1. The summed E-state index contributed by atoms with van der Waals surface area (Å²) in [5.74, 6) is 0.120. The summed E-state index contributed by atoms with van der Waals surface area (Å²) in [5, 5.41) is 19.3. The molecule has 0 bridgehead atoms. The maximum absolute atomic E-state index is 12.0. The fourth-order valence-electron chi connectivity index (χ4n) is 2.68. The second kappa shape index (κ2) is 10.1. The monoisotopic (exact) mass is 387 g/mol. The maximum Gasteiger partial charge on any atom is 0.306 e. The minimum atomic E-state index is -0.216. The molecule has 0 aliphatic heterocycles. The average molecular weight is 388 g/mol. The number of likely N-dealkylation sites (N-methyl/N-ethyl adjacent to an activating group) is 1. The van der Waals surface area contributed by atoms with Crippen LogP contribution in [-0.2, 0) is 21.4 Å². The number of benzene rings is 1. The van der Waals surface area contributed by atoms with Crippen LogP contribution in [0.2, 0.25) is 0 Å². The Morgan fingerprint density at radius 1 is 1.19 bits per heavy atom. The molecular weight excluding hydrogens is 354 g/mol. The van der Waals surface area contributed by atoms with E-state index < -0.39 is 0 Å². The number of hydrogen-bond acceptors (Lipinski definition) is 4. The summed E-state index contributed by atoms with van der Waals surface area (Å²) < 4.78 is 5.93. The van der Waals surface area contributed by atoms with E-state index in [9.17, 15) is 9.90 Å². The summed E-state index contributed by atoms with van der Waals surface area (Å²) in [7, 11) is 3.99. The Bertz CT molecular complexity index is 594. The number of nitrogens with zero attached hydrogens (tertiary/aromatic N) is 1. The van der Waals surface area contributed by atoms with Crippen LogP contribution >= 0.6 is 0 Å². The second-order valence-electron chi connectivity index (χ2n) is 8.39. The van der Waals surface area contributed by atoms with Crippen LogP contribution < -0.4 is 12.4 Å². The van der Waals surface area contributed by atoms with Gasteiger partial charge >= 0.3 is 5.97 Å². The molecule has 1 rings (SSSR count). The SMILES string of the molecule is Cc1cc(CCC(=O)OCC[N+](C)(C)CCO)cc(C(C)(C)C)c1O.[Cl-]. The Kier molecular flexibility index (Phi) is 9.64. The van der Waals surface area contributed by atoms with Gasteiger partial charge in [-0.1, -0.05) is 32.9 Å². The zero-order valence-electron chi connectivity index (χ0n) is 16.9. The van der Waals surface area contributed by atoms with Gasteiger partial charge in [0.15, 0.2) is 0 Å². The van der Waals surface area contributed by atoms with E-state index in [1.165, 1.54) is 0 Å². The topological polar surface area (TPSA) is 66.8 Å². The number of halogens is 1. The second-order valence-corrected chi connectivity index (χ2v) is 8.39. The van der Waals surface area contributed by atoms with Crippen LogP contribution in [0.1, 0.15) is 43.9 Å². The molecule has 1 aromatic rings. The highest BCUT2D eigenvalue weighted by molar-refractivity contribution is 5.69. The third kappa shape index (κ3) is 7.94. The molecule has 0 amide bonds. The third-order valence-electron chi connectivity index (χ3n) is 4.45. The Morgan fingerprint density at radius 2 is 1.81 bits per heavy atom. The first-order chi connectivity index (χ1) is 11.5. The lowest BCUT2D eigenvalue weighted by molar-refractivity contribution is -0.890. The highest BCUT2D eigenvalue weighted by Crippen LogP contribution is 2.34. The molecule has 0 saturated carbocycles. The molecule has 5 nitrogen and oxygen atoms in total. The summed E-state index contributed by atoms with van der Waals surface area (Å²) in [6.45, 7) is 9.86. The van der Waals surface area contributed by atoms with Gasteiger partial charge < -0.3 is 31.8 Å². The Labute approximate surface area is 164 Å². The number of phenols is 1. The first kappa shape index (κ1) is 24.7. The summed E-state index contributed by atoms with van der Waals surface area (Å²) in [6.07, 6.45) is 0.916. The van der Waals surface area contributed by atoms with Gasteiger partial charge in [-0.2, -0.15) is 0 Å². The van der Waals surface area contributed by atoms with Crippen molar-refractivity contribution in [2.24, 2.45) is 0 Å². The van der Waals surface area contributed by atoms with Crippen molar-refractivity contribution in [2.75, 3.05) is 40.4 Å². The van der Waals surface area contributed by atoms with Crippen molar-refractivity contribution in [1.29, 1.82) is 0 Å². The third-order valence-corrected chi connectivity index (χ3v) is 4.45. The smallest absolute Gasteiger partial charge is 0.306 e. The van der Waals surface area contributed by atoms with Crippen LogP contribution in [0.3, 0.4) is 0 Å². The lowest BCUT2D eigenvalue weighted by Crippen LogP contribution is -3.00. The van der Waals surface area contributed by atoms with E-state index in [0.29, 0.717) is 42.8 Å². The standard InChI is InChI=1S/C20H33NO4.ClH/c1-15-13-16(14-17(19(15)24)20(2,3)4)7-8-18(23)25-12-10-21(5,6)9-11-22;/h13-14,22H,7-12H2,1-6H3;1H. The zero-order chi connectivity index (χ0) is 19.3. The van der Waals surface area contributed by atoms with Crippen LogP contribution in [0.15, 0.2) is 12.1 Å². The van der Waals surface area contributed by atoms with Crippen LogP contribution in [0.4, 0.5) is 0 Å². The fraction of sp³-hybridized carbons (Fsp3) is 0.650. The zero-order valence-corrected chi connectivity index (χ0v) is 17.7. The first-order valence-corrected chi connectivity index (χ1v) is 8.88. The molecule has 6 heteroatoms. The van der Waals surface area contributed by atoms with Crippen molar-refractivity contribution in [3.63, 3.8) is 0 Å². The van der Waals surface area contributed by atoms with Gasteiger partial charge in [0.2, 0.25) is 0 Å². The minimum Gasteiger partial charge on any atom is -1.00 e. The van der Waals surface area contributed by atoms with E-state index in [4.69, 9.17) is 9.84 Å². The van der Waals surface area contributed by atoms with E-state index in [1.54, 1.807) is 0 Å². The molecule has 0 unspecified atom stereocenters. The lowest BCUT2D eigenvalue weighted by Gasteiger charge is -2.28. The van der Waals surface area contributed by atoms with Crippen molar-refractivity contribution in [1.82, 2.24) is 0 Å². The van der Waals surface area contributed by atoms with Crippen LogP contribution in [0, 0.1) is 6.92 Å². The molecule has 2 N–H and O–H groups in total. The maximum atomic E-state index is 12.0. The predicted octanol–water partition coefficient (Wildman–Crippen LogP) is -0.453. The Balaban J connectivity index is 0.00000625. The normalized spacial score (nSPS) is 11.8. The van der Waals surface area contributed by atoms with Crippen molar-refractivity contribution >= 4 is 5.97 Å². The van der Waals surface area contributed by atoms with Gasteiger partial charge in [0.05, 0.1) is 20.7 Å². The van der Waals surface area contributed by atoms with Crippen molar-refractivity contribution in [3.8, 4) is 5.75 Å². The van der Waals surface area contributed by atoms with Gasteiger partial charge in [-0.3, -0.25) is 4.79 Å². The molecular formula is C20H34ClNO4. The fourth-order valence-corrected chi connectivity index (χ4v) is 2.68. The molecule has 0 aromatic heterocycles. The van der Waals surface area contributed by atoms with E-state index in [1.807, 2.05) is 33.2 Å². The van der Waals surface area contributed by atoms with E-state index in [-0.39, 0.29) is 30.4 Å². The number of phenolic OH excluding ortho intramolecular Hbond substituents is 1. The number of esters is 1. The number of ether oxygens (including phenoxy) is 1. The molecule has 0 atom stereocenters. The summed E-state index contributed by atoms with van der Waals surface area (Å²) in [4.78, 5) is 12.0. The summed E-state index contributed by atoms with van der Waals surface area (Å²) >= 11 is 0. The lowest BCUT2D eigenvalue weighted by atomic mass is 9.83. The van der Waals surface area contributed by atoms with Gasteiger partial charge in [-0.15, -0.1) is 0 Å². The quantitative estimate of drug-likeness (QED) is 0.468. The predicted molar refractivity (Wildman–Crippen MR) is 99.8 cm³/mol. The van der Waals surface area contributed by atoms with Gasteiger partial charge in [0, 0.05) is 6.42 Å². The minimum absolute atomic E-state index is 0. The van der Waals surface area contributed by atoms with E-state index >= 15 is 0 Å². The number of carbonyl (C=O) groups is 1. The molecule has 0 radical (unpaired) electrons. The number of aliphatic hydroxyl groups excluding tert-OH is 1. The molecule has 0 aliphatic rings. The number of carbonyl (C=O) groups excluding carboxylic acids is 1. The molecule has 150 valence electrons. The molecule has 26 heavy (non-hydrogen) atoms. The van der Waals surface area contributed by atoms with Gasteiger partial charge in [-0.05, 0) is 35.4 Å². The molecule has 0 fully saturated rings. The molecule has 1 aromatic carbocycles. The number of aryl methyl sites for hydroxylation is 2. The number of quaternary nitrogens is 1. The Hall–Kier alpha value is -1.30. The van der Waals surface area contributed by atoms with Gasteiger partial charge in [-0.25, -0.2) is 0 Å². The van der Waals surface area contributed by atoms with Crippen LogP contribution in [-0.4, -0.2) is 61.1 Å². The summed E-state index contributed by atoms with van der Waals surface area (Å²) in [6, 6.07) is 3.91. The van der Waals surface area contributed by atoms with Gasteiger partial charge in [0.1, 0.15) is 25.4 Å². The number of aliphatic hydroxyl groups is 1. The summed E-state index contributed by atoms with van der Waals surface area (Å²) in [5.41, 5.74) is 2.62. The molecule has 0 spiro atoms. The number of hydrogen-bond donors (Lipinski definition) is 2. The Morgan fingerprint density at radius 3 is 2.35 bits per heavy atom.